The fourth-order valence-electron chi connectivity index (χ4n) is 4.85. The average molecular weight is 444 g/mol. The molecule has 1 fully saturated rings. The Hall–Kier alpha value is -2.19. The molecular weight excluding hydrogens is 410 g/mol. The fourth-order valence-corrected chi connectivity index (χ4v) is 5.79. The molecule has 0 aliphatic carbocycles. The number of aryl methyl sites for hydroxylation is 2. The van der Waals surface area contributed by atoms with Gasteiger partial charge >= 0.3 is 0 Å². The first-order valence-corrected chi connectivity index (χ1v) is 12.2. The van der Waals surface area contributed by atoms with Gasteiger partial charge in [-0.15, -0.1) is 11.3 Å². The maximum Gasteiger partial charge on any atom is 0.291 e. The van der Waals surface area contributed by atoms with E-state index in [1.54, 1.807) is 11.3 Å². The van der Waals surface area contributed by atoms with E-state index < -0.39 is 0 Å². The Morgan fingerprint density at radius 1 is 1.23 bits per heavy atom. The molecule has 1 aliphatic rings. The second kappa shape index (κ2) is 9.12. The van der Waals surface area contributed by atoms with E-state index in [0.29, 0.717) is 30.6 Å². The van der Waals surface area contributed by atoms with Crippen LogP contribution in [0.3, 0.4) is 0 Å². The molecule has 0 bridgehead atoms. The van der Waals surface area contributed by atoms with Gasteiger partial charge in [0.2, 0.25) is 5.91 Å². The molecule has 8 heteroatoms. The summed E-state index contributed by atoms with van der Waals surface area (Å²) in [6, 6.07) is 5.24. The highest BCUT2D eigenvalue weighted by Crippen LogP contribution is 2.28. The van der Waals surface area contributed by atoms with Crippen LogP contribution >= 0.6 is 11.3 Å². The van der Waals surface area contributed by atoms with Gasteiger partial charge in [-0.3, -0.25) is 18.9 Å². The maximum absolute atomic E-state index is 13.0. The Morgan fingerprint density at radius 2 is 1.97 bits per heavy atom. The van der Waals surface area contributed by atoms with Gasteiger partial charge in [0.25, 0.3) is 5.56 Å². The van der Waals surface area contributed by atoms with Crippen molar-refractivity contribution in [3.63, 3.8) is 0 Å². The Balaban J connectivity index is 1.41. The van der Waals surface area contributed by atoms with Gasteiger partial charge in [0.1, 0.15) is 17.9 Å². The molecule has 1 aliphatic heterocycles. The van der Waals surface area contributed by atoms with E-state index in [1.165, 1.54) is 28.8 Å². The van der Waals surface area contributed by atoms with E-state index in [-0.39, 0.29) is 18.0 Å². The summed E-state index contributed by atoms with van der Waals surface area (Å²) in [4.78, 5) is 29.3. The number of hydrogen-bond donors (Lipinski definition) is 1. The highest BCUT2D eigenvalue weighted by Gasteiger charge is 2.24. The molecule has 1 saturated heterocycles. The van der Waals surface area contributed by atoms with Crippen LogP contribution in [0, 0.1) is 6.92 Å². The molecule has 0 unspecified atom stereocenters. The van der Waals surface area contributed by atoms with Crippen LogP contribution in [-0.4, -0.2) is 50.2 Å². The lowest BCUT2D eigenvalue weighted by Gasteiger charge is -2.39. The summed E-state index contributed by atoms with van der Waals surface area (Å²) in [5, 5.41) is 7.49. The van der Waals surface area contributed by atoms with Gasteiger partial charge in [0.05, 0.1) is 10.2 Å². The number of likely N-dealkylation sites (tertiary alicyclic amines) is 1. The SMILES string of the molecule is CCc1nn(CC(=O)NCCCN2[C@H](C)CCC[C@H]2C)c(=O)c2cc3sc(C)cc3n12. The lowest BCUT2D eigenvalue weighted by Crippen LogP contribution is -2.45. The molecule has 2 atom stereocenters. The van der Waals surface area contributed by atoms with Crippen LogP contribution in [0.25, 0.3) is 15.7 Å². The molecule has 0 spiro atoms. The number of amides is 1. The van der Waals surface area contributed by atoms with E-state index >= 15 is 0 Å². The van der Waals surface area contributed by atoms with Crippen molar-refractivity contribution in [1.29, 1.82) is 0 Å². The number of carbonyl (C=O) groups is 1. The summed E-state index contributed by atoms with van der Waals surface area (Å²) in [6.45, 7) is 10.2. The van der Waals surface area contributed by atoms with Crippen LogP contribution in [0.1, 0.15) is 57.2 Å². The van der Waals surface area contributed by atoms with Gasteiger partial charge in [-0.25, -0.2) is 4.68 Å². The zero-order valence-electron chi connectivity index (χ0n) is 19.0. The number of fused-ring (bicyclic) bond motifs is 3. The third-order valence-corrected chi connectivity index (χ3v) is 7.45. The molecule has 0 radical (unpaired) electrons. The number of piperidine rings is 1. The first-order valence-electron chi connectivity index (χ1n) is 11.4. The highest BCUT2D eigenvalue weighted by atomic mass is 32.1. The van der Waals surface area contributed by atoms with E-state index in [9.17, 15) is 9.59 Å². The smallest absolute Gasteiger partial charge is 0.291 e. The Kier molecular flexibility index (Phi) is 6.48. The summed E-state index contributed by atoms with van der Waals surface area (Å²) in [5.74, 6) is 0.633. The minimum absolute atomic E-state index is 0.0449. The Morgan fingerprint density at radius 3 is 2.68 bits per heavy atom. The van der Waals surface area contributed by atoms with Crippen LogP contribution in [0.15, 0.2) is 16.9 Å². The summed E-state index contributed by atoms with van der Waals surface area (Å²) in [7, 11) is 0. The van der Waals surface area contributed by atoms with E-state index in [4.69, 9.17) is 0 Å². The minimum atomic E-state index is -0.218. The van der Waals surface area contributed by atoms with E-state index in [2.05, 4.69) is 42.2 Å². The average Bonchev–Trinajstić information content (AvgIpc) is 3.25. The molecule has 0 saturated carbocycles. The molecule has 1 amide bonds. The monoisotopic (exact) mass is 443 g/mol. The van der Waals surface area contributed by atoms with Crippen molar-refractivity contribution in [1.82, 2.24) is 24.4 Å². The van der Waals surface area contributed by atoms with Crippen molar-refractivity contribution in [3.05, 3.63) is 33.2 Å². The molecule has 3 aromatic rings. The van der Waals surface area contributed by atoms with Crippen molar-refractivity contribution < 1.29 is 4.79 Å². The molecule has 4 heterocycles. The molecule has 7 nitrogen and oxygen atoms in total. The topological polar surface area (TPSA) is 71.6 Å². The summed E-state index contributed by atoms with van der Waals surface area (Å²) >= 11 is 1.67. The predicted octanol–water partition coefficient (Wildman–Crippen LogP) is 3.35. The van der Waals surface area contributed by atoms with Crippen molar-refractivity contribution in [2.45, 2.75) is 78.4 Å². The molecular formula is C23H33N5O2S. The van der Waals surface area contributed by atoms with E-state index in [0.717, 1.165) is 29.0 Å². The quantitative estimate of drug-likeness (QED) is 0.569. The first kappa shape index (κ1) is 22.0. The number of nitrogens with one attached hydrogen (secondary N) is 1. The number of carbonyl (C=O) groups excluding carboxylic acids is 1. The summed E-state index contributed by atoms with van der Waals surface area (Å²) in [6.07, 6.45) is 5.41. The van der Waals surface area contributed by atoms with Crippen LogP contribution in [0.4, 0.5) is 0 Å². The van der Waals surface area contributed by atoms with Crippen molar-refractivity contribution >= 4 is 33.0 Å². The number of nitrogens with zero attached hydrogens (tertiary/aromatic N) is 4. The Bertz CT molecular complexity index is 1130. The van der Waals surface area contributed by atoms with Gasteiger partial charge in [0, 0.05) is 36.5 Å². The molecule has 3 aromatic heterocycles. The first-order chi connectivity index (χ1) is 14.9. The summed E-state index contributed by atoms with van der Waals surface area (Å²) in [5.41, 5.74) is 1.40. The van der Waals surface area contributed by atoms with Crippen molar-refractivity contribution in [2.75, 3.05) is 13.1 Å². The van der Waals surface area contributed by atoms with Gasteiger partial charge in [-0.05, 0) is 52.2 Å². The third kappa shape index (κ3) is 4.41. The van der Waals surface area contributed by atoms with Crippen LogP contribution in [-0.2, 0) is 17.8 Å². The van der Waals surface area contributed by atoms with Crippen molar-refractivity contribution in [3.8, 4) is 0 Å². The van der Waals surface area contributed by atoms with Gasteiger partial charge in [-0.2, -0.15) is 5.10 Å². The molecule has 0 aromatic carbocycles. The van der Waals surface area contributed by atoms with Crippen LogP contribution in [0.2, 0.25) is 0 Å². The molecule has 4 rings (SSSR count). The molecule has 31 heavy (non-hydrogen) atoms. The zero-order valence-corrected chi connectivity index (χ0v) is 19.8. The van der Waals surface area contributed by atoms with Gasteiger partial charge < -0.3 is 5.32 Å². The largest absolute Gasteiger partial charge is 0.354 e. The lowest BCUT2D eigenvalue weighted by atomic mass is 9.97. The van der Waals surface area contributed by atoms with Crippen molar-refractivity contribution in [2.24, 2.45) is 0 Å². The standard InChI is InChI=1S/C23H33N5O2S/c1-5-21-25-27(23(30)19-13-20-18(28(19)21)12-17(4)31-20)14-22(29)24-10-7-11-26-15(2)8-6-9-16(26)3/h12-13,15-16H,5-11,14H2,1-4H3,(H,24,29)/t15-,16-/m1/s1. The fraction of sp³-hybridized carbons (Fsp3) is 0.609. The summed E-state index contributed by atoms with van der Waals surface area (Å²) < 4.78 is 4.33. The number of hydrogen-bond acceptors (Lipinski definition) is 5. The third-order valence-electron chi connectivity index (χ3n) is 6.46. The molecule has 1 N–H and O–H groups in total. The number of aromatic nitrogens is 3. The Labute approximate surface area is 187 Å². The second-order valence-corrected chi connectivity index (χ2v) is 10.1. The van der Waals surface area contributed by atoms with Crippen LogP contribution < -0.4 is 10.9 Å². The highest BCUT2D eigenvalue weighted by molar-refractivity contribution is 7.19. The number of thiophene rings is 1. The second-order valence-electron chi connectivity index (χ2n) is 8.77. The zero-order chi connectivity index (χ0) is 22.1. The maximum atomic E-state index is 13.0. The predicted molar refractivity (Wildman–Crippen MR) is 126 cm³/mol. The lowest BCUT2D eigenvalue weighted by molar-refractivity contribution is -0.121. The normalized spacial score (nSPS) is 20.0. The van der Waals surface area contributed by atoms with Gasteiger partial charge in [-0.1, -0.05) is 13.3 Å². The molecule has 168 valence electrons. The van der Waals surface area contributed by atoms with E-state index in [1.807, 2.05) is 17.4 Å². The minimum Gasteiger partial charge on any atom is -0.354 e. The van der Waals surface area contributed by atoms with Gasteiger partial charge in [0.15, 0.2) is 0 Å². The van der Waals surface area contributed by atoms with Crippen LogP contribution in [0.5, 0.6) is 0 Å². The number of rotatable bonds is 7.